The highest BCUT2D eigenvalue weighted by Gasteiger charge is 2.23. The predicted molar refractivity (Wildman–Crippen MR) is 67.3 cm³/mol. The van der Waals surface area contributed by atoms with Crippen molar-refractivity contribution in [1.29, 1.82) is 0 Å². The first-order chi connectivity index (χ1) is 9.44. The molecule has 0 saturated heterocycles. The van der Waals surface area contributed by atoms with E-state index in [1.165, 1.54) is 24.5 Å². The second-order valence-corrected chi connectivity index (χ2v) is 5.55. The number of aliphatic hydroxyl groups is 1. The van der Waals surface area contributed by atoms with Crippen LogP contribution in [0.4, 0.5) is 14.5 Å². The highest BCUT2D eigenvalue weighted by atomic mass is 32.2. The van der Waals surface area contributed by atoms with Crippen molar-refractivity contribution < 1.29 is 22.3 Å². The minimum absolute atomic E-state index is 0.0459. The van der Waals surface area contributed by atoms with E-state index >= 15 is 0 Å². The molecule has 106 valence electrons. The number of nitrogens with one attached hydrogen (secondary N) is 1. The molecule has 2 aromatic rings. The molecule has 0 aliphatic rings. The van der Waals surface area contributed by atoms with Crippen LogP contribution in [-0.2, 0) is 16.6 Å². The number of anilines is 1. The SMILES string of the molecule is O=S(=O)(Nc1cccnc1)c1cc(CO)cc(F)c1F. The smallest absolute Gasteiger partial charge is 0.264 e. The second-order valence-electron chi connectivity index (χ2n) is 3.90. The molecule has 0 saturated carbocycles. The monoisotopic (exact) mass is 300 g/mol. The fourth-order valence-electron chi connectivity index (χ4n) is 1.54. The summed E-state index contributed by atoms with van der Waals surface area (Å²) in [6.07, 6.45) is 2.66. The van der Waals surface area contributed by atoms with Gasteiger partial charge in [-0.3, -0.25) is 9.71 Å². The number of hydrogen-bond acceptors (Lipinski definition) is 4. The summed E-state index contributed by atoms with van der Waals surface area (Å²) in [7, 11) is -4.32. The summed E-state index contributed by atoms with van der Waals surface area (Å²) >= 11 is 0. The Hall–Kier alpha value is -2.06. The average Bonchev–Trinajstić information content (AvgIpc) is 2.42. The van der Waals surface area contributed by atoms with Gasteiger partial charge >= 0.3 is 0 Å². The Labute approximate surface area is 114 Å². The van der Waals surface area contributed by atoms with Crippen LogP contribution in [0.15, 0.2) is 41.6 Å². The van der Waals surface area contributed by atoms with Gasteiger partial charge < -0.3 is 5.11 Å². The zero-order valence-electron chi connectivity index (χ0n) is 10.0. The molecule has 20 heavy (non-hydrogen) atoms. The number of aliphatic hydroxyl groups excluding tert-OH is 1. The Morgan fingerprint density at radius 3 is 2.65 bits per heavy atom. The Morgan fingerprint density at radius 2 is 2.05 bits per heavy atom. The molecule has 1 heterocycles. The fraction of sp³-hybridized carbons (Fsp3) is 0.0833. The van der Waals surface area contributed by atoms with E-state index in [1.807, 2.05) is 0 Å². The molecule has 0 fully saturated rings. The van der Waals surface area contributed by atoms with Crippen LogP contribution >= 0.6 is 0 Å². The zero-order valence-corrected chi connectivity index (χ0v) is 10.9. The zero-order chi connectivity index (χ0) is 14.8. The third kappa shape index (κ3) is 2.91. The van der Waals surface area contributed by atoms with Gasteiger partial charge in [0.25, 0.3) is 10.0 Å². The molecule has 8 heteroatoms. The minimum Gasteiger partial charge on any atom is -0.392 e. The van der Waals surface area contributed by atoms with E-state index in [0.29, 0.717) is 0 Å². The molecular formula is C12H10F2N2O3S. The Bertz CT molecular complexity index is 721. The topological polar surface area (TPSA) is 79.3 Å². The van der Waals surface area contributed by atoms with Gasteiger partial charge in [-0.25, -0.2) is 17.2 Å². The highest BCUT2D eigenvalue weighted by Crippen LogP contribution is 2.22. The van der Waals surface area contributed by atoms with Crippen LogP contribution in [0.1, 0.15) is 5.56 Å². The van der Waals surface area contributed by atoms with Gasteiger partial charge in [-0.2, -0.15) is 0 Å². The highest BCUT2D eigenvalue weighted by molar-refractivity contribution is 7.92. The first-order valence-corrected chi connectivity index (χ1v) is 6.94. The largest absolute Gasteiger partial charge is 0.392 e. The van der Waals surface area contributed by atoms with Crippen molar-refractivity contribution in [1.82, 2.24) is 4.98 Å². The van der Waals surface area contributed by atoms with Gasteiger partial charge in [-0.05, 0) is 29.8 Å². The van der Waals surface area contributed by atoms with Gasteiger partial charge in [0.05, 0.1) is 18.5 Å². The van der Waals surface area contributed by atoms with E-state index < -0.39 is 33.2 Å². The number of pyridine rings is 1. The van der Waals surface area contributed by atoms with Crippen molar-refractivity contribution in [2.24, 2.45) is 0 Å². The van der Waals surface area contributed by atoms with Gasteiger partial charge in [-0.1, -0.05) is 0 Å². The van der Waals surface area contributed by atoms with Crippen LogP contribution in [0.3, 0.4) is 0 Å². The van der Waals surface area contributed by atoms with E-state index in [9.17, 15) is 17.2 Å². The van der Waals surface area contributed by atoms with Crippen LogP contribution in [-0.4, -0.2) is 18.5 Å². The van der Waals surface area contributed by atoms with Gasteiger partial charge in [0.1, 0.15) is 4.90 Å². The molecule has 1 aromatic carbocycles. The molecule has 0 bridgehead atoms. The summed E-state index contributed by atoms with van der Waals surface area (Å²) in [5.74, 6) is -2.85. The molecule has 0 amide bonds. The molecule has 0 spiro atoms. The molecular weight excluding hydrogens is 290 g/mol. The maximum atomic E-state index is 13.6. The van der Waals surface area contributed by atoms with Crippen molar-refractivity contribution in [3.05, 3.63) is 53.9 Å². The van der Waals surface area contributed by atoms with Gasteiger partial charge in [0.15, 0.2) is 11.6 Å². The van der Waals surface area contributed by atoms with Gasteiger partial charge in [0, 0.05) is 6.20 Å². The van der Waals surface area contributed by atoms with E-state index in [2.05, 4.69) is 9.71 Å². The number of aromatic nitrogens is 1. The Morgan fingerprint density at radius 1 is 1.30 bits per heavy atom. The Kier molecular flexibility index (Phi) is 3.96. The molecule has 0 unspecified atom stereocenters. The molecule has 0 radical (unpaired) electrons. The molecule has 0 aliphatic heterocycles. The summed E-state index contributed by atoms with van der Waals surface area (Å²) in [5, 5.41) is 8.92. The lowest BCUT2D eigenvalue weighted by atomic mass is 10.2. The van der Waals surface area contributed by atoms with Crippen LogP contribution in [0.5, 0.6) is 0 Å². The van der Waals surface area contributed by atoms with Crippen LogP contribution in [0.25, 0.3) is 0 Å². The average molecular weight is 300 g/mol. The van der Waals surface area contributed by atoms with Crippen molar-refractivity contribution in [3.63, 3.8) is 0 Å². The maximum Gasteiger partial charge on any atom is 0.264 e. The lowest BCUT2D eigenvalue weighted by molar-refractivity contribution is 0.280. The summed E-state index contributed by atoms with van der Waals surface area (Å²) in [4.78, 5) is 2.83. The van der Waals surface area contributed by atoms with Crippen molar-refractivity contribution >= 4 is 15.7 Å². The van der Waals surface area contributed by atoms with Crippen molar-refractivity contribution in [2.45, 2.75) is 11.5 Å². The number of halogens is 2. The normalized spacial score (nSPS) is 11.3. The van der Waals surface area contributed by atoms with Gasteiger partial charge in [-0.15, -0.1) is 0 Å². The maximum absolute atomic E-state index is 13.6. The first-order valence-electron chi connectivity index (χ1n) is 5.45. The molecule has 2 rings (SSSR count). The number of rotatable bonds is 4. The van der Waals surface area contributed by atoms with E-state index in [1.54, 1.807) is 0 Å². The lowest BCUT2D eigenvalue weighted by Gasteiger charge is -2.10. The summed E-state index contributed by atoms with van der Waals surface area (Å²) in [6, 6.07) is 4.50. The van der Waals surface area contributed by atoms with Crippen LogP contribution in [0, 0.1) is 11.6 Å². The number of sulfonamides is 1. The quantitative estimate of drug-likeness (QED) is 0.900. The number of hydrogen-bond donors (Lipinski definition) is 2. The fourth-order valence-corrected chi connectivity index (χ4v) is 2.72. The van der Waals surface area contributed by atoms with Crippen LogP contribution in [0.2, 0.25) is 0 Å². The molecule has 0 aliphatic carbocycles. The molecule has 2 N–H and O–H groups in total. The third-order valence-electron chi connectivity index (χ3n) is 2.44. The van der Waals surface area contributed by atoms with E-state index in [0.717, 1.165) is 12.1 Å². The third-order valence-corrected chi connectivity index (χ3v) is 3.82. The number of benzene rings is 1. The molecule has 0 atom stereocenters. The van der Waals surface area contributed by atoms with E-state index in [4.69, 9.17) is 5.11 Å². The minimum atomic E-state index is -4.32. The first kappa shape index (κ1) is 14.4. The summed E-state index contributed by atoms with van der Waals surface area (Å²) in [5.41, 5.74) is 0.0668. The lowest BCUT2D eigenvalue weighted by Crippen LogP contribution is -2.16. The predicted octanol–water partition coefficient (Wildman–Crippen LogP) is 1.65. The van der Waals surface area contributed by atoms with Crippen molar-refractivity contribution in [2.75, 3.05) is 4.72 Å². The second kappa shape index (κ2) is 5.51. The van der Waals surface area contributed by atoms with Gasteiger partial charge in [0.2, 0.25) is 0 Å². The van der Waals surface area contributed by atoms with Crippen LogP contribution < -0.4 is 4.72 Å². The standard InChI is InChI=1S/C12H10F2N2O3S/c13-10-4-8(7-17)5-11(12(10)14)20(18,19)16-9-2-1-3-15-6-9/h1-6,16-17H,7H2. The van der Waals surface area contributed by atoms with E-state index in [-0.39, 0.29) is 11.3 Å². The summed E-state index contributed by atoms with van der Waals surface area (Å²) < 4.78 is 53.0. The van der Waals surface area contributed by atoms with Crippen molar-refractivity contribution in [3.8, 4) is 0 Å². The molecule has 1 aromatic heterocycles. The summed E-state index contributed by atoms with van der Waals surface area (Å²) in [6.45, 7) is -0.605. The molecule has 5 nitrogen and oxygen atoms in total. The number of nitrogens with zero attached hydrogens (tertiary/aromatic N) is 1. The Balaban J connectivity index is 2.47.